The van der Waals surface area contributed by atoms with E-state index in [4.69, 9.17) is 5.73 Å². The zero-order valence-electron chi connectivity index (χ0n) is 10.2. The lowest BCUT2D eigenvalue weighted by molar-refractivity contribution is 0.569. The fourth-order valence-corrected chi connectivity index (χ4v) is 2.28. The number of nitrogens with two attached hydrogens (primary N) is 1. The van der Waals surface area contributed by atoms with E-state index in [1.165, 1.54) is 17.8 Å². The summed E-state index contributed by atoms with van der Waals surface area (Å²) < 4.78 is 26.7. The number of aliphatic imine (C=N–C) groups is 1. The Balaban J connectivity index is 2.74. The lowest BCUT2D eigenvalue weighted by Gasteiger charge is -2.07. The van der Waals surface area contributed by atoms with E-state index in [0.29, 0.717) is 16.0 Å². The summed E-state index contributed by atoms with van der Waals surface area (Å²) in [4.78, 5) is 4.09. The van der Waals surface area contributed by atoms with Crippen LogP contribution in [0, 0.1) is 11.6 Å². The third-order valence-corrected chi connectivity index (χ3v) is 4.11. The molecular formula is C12H15BrF2N2S. The molecule has 0 fully saturated rings. The van der Waals surface area contributed by atoms with E-state index in [2.05, 4.69) is 27.8 Å². The van der Waals surface area contributed by atoms with Gasteiger partial charge in [-0.15, -0.1) is 0 Å². The van der Waals surface area contributed by atoms with Gasteiger partial charge in [0, 0.05) is 16.9 Å². The lowest BCUT2D eigenvalue weighted by atomic mass is 10.2. The number of rotatable bonds is 4. The lowest BCUT2D eigenvalue weighted by Crippen LogP contribution is -2.11. The minimum Gasteiger partial charge on any atom is -0.379 e. The minimum atomic E-state index is -0.623. The van der Waals surface area contributed by atoms with Gasteiger partial charge in [-0.25, -0.2) is 8.78 Å². The number of amidine groups is 1. The number of nitrogens with zero attached hydrogens (tertiary/aromatic N) is 1. The highest BCUT2D eigenvalue weighted by Gasteiger charge is 2.08. The molecule has 1 aromatic rings. The van der Waals surface area contributed by atoms with Crippen molar-refractivity contribution in [2.24, 2.45) is 10.7 Å². The van der Waals surface area contributed by atoms with Crippen molar-refractivity contribution < 1.29 is 8.78 Å². The maximum Gasteiger partial charge on any atom is 0.154 e. The largest absolute Gasteiger partial charge is 0.379 e. The summed E-state index contributed by atoms with van der Waals surface area (Å²) in [6, 6.07) is 2.22. The molecule has 0 aliphatic rings. The van der Waals surface area contributed by atoms with Crippen molar-refractivity contribution in [3.05, 3.63) is 33.8 Å². The Hall–Kier alpha value is -0.620. The second-order valence-electron chi connectivity index (χ2n) is 3.85. The number of halogens is 3. The zero-order chi connectivity index (χ0) is 13.7. The third-order valence-electron chi connectivity index (χ3n) is 2.39. The van der Waals surface area contributed by atoms with Gasteiger partial charge in [0.1, 0.15) is 11.6 Å². The Kier molecular flexibility index (Phi) is 6.08. The van der Waals surface area contributed by atoms with Gasteiger partial charge in [-0.2, -0.15) is 0 Å². The van der Waals surface area contributed by atoms with Crippen molar-refractivity contribution in [2.75, 3.05) is 0 Å². The topological polar surface area (TPSA) is 38.4 Å². The van der Waals surface area contributed by atoms with Gasteiger partial charge in [-0.3, -0.25) is 4.99 Å². The van der Waals surface area contributed by atoms with Crippen LogP contribution in [-0.2, 0) is 6.54 Å². The second-order valence-corrected chi connectivity index (χ2v) is 6.16. The van der Waals surface area contributed by atoms with Crippen LogP contribution in [0.3, 0.4) is 0 Å². The summed E-state index contributed by atoms with van der Waals surface area (Å²) >= 11 is 4.46. The molecule has 0 bridgehead atoms. The van der Waals surface area contributed by atoms with Crippen LogP contribution in [0.1, 0.15) is 25.8 Å². The molecule has 1 atom stereocenters. The van der Waals surface area contributed by atoms with Gasteiger partial charge in [0.2, 0.25) is 0 Å². The molecule has 18 heavy (non-hydrogen) atoms. The maximum atomic E-state index is 13.4. The molecule has 0 saturated heterocycles. The first-order valence-corrected chi connectivity index (χ1v) is 7.21. The Bertz CT molecular complexity index is 452. The van der Waals surface area contributed by atoms with Crippen molar-refractivity contribution in [1.29, 1.82) is 0 Å². The molecule has 100 valence electrons. The summed E-state index contributed by atoms with van der Waals surface area (Å²) in [5, 5.41) is 0.794. The van der Waals surface area contributed by atoms with Crippen LogP contribution >= 0.6 is 27.7 Å². The second kappa shape index (κ2) is 7.09. The Morgan fingerprint density at radius 2 is 2.11 bits per heavy atom. The van der Waals surface area contributed by atoms with Crippen molar-refractivity contribution in [3.63, 3.8) is 0 Å². The predicted octanol–water partition coefficient (Wildman–Crippen LogP) is 4.07. The molecular weight excluding hydrogens is 322 g/mol. The van der Waals surface area contributed by atoms with Gasteiger partial charge in [0.15, 0.2) is 5.17 Å². The Morgan fingerprint density at radius 3 is 2.72 bits per heavy atom. The fraction of sp³-hybridized carbons (Fsp3) is 0.417. The highest BCUT2D eigenvalue weighted by atomic mass is 79.9. The van der Waals surface area contributed by atoms with Gasteiger partial charge >= 0.3 is 0 Å². The van der Waals surface area contributed by atoms with Crippen molar-refractivity contribution in [3.8, 4) is 0 Å². The van der Waals surface area contributed by atoms with E-state index in [-0.39, 0.29) is 11.0 Å². The zero-order valence-corrected chi connectivity index (χ0v) is 12.6. The average Bonchev–Trinajstić information content (AvgIpc) is 2.32. The highest BCUT2D eigenvalue weighted by molar-refractivity contribution is 9.10. The molecule has 2 N–H and O–H groups in total. The average molecular weight is 337 g/mol. The first-order chi connectivity index (χ1) is 8.43. The van der Waals surface area contributed by atoms with Gasteiger partial charge in [0.25, 0.3) is 0 Å². The Morgan fingerprint density at radius 1 is 1.44 bits per heavy atom. The molecule has 0 amide bonds. The molecule has 1 unspecified atom stereocenters. The summed E-state index contributed by atoms with van der Waals surface area (Å²) in [5.74, 6) is -1.23. The van der Waals surface area contributed by atoms with E-state index in [9.17, 15) is 8.78 Å². The molecule has 1 aromatic carbocycles. The summed E-state index contributed by atoms with van der Waals surface area (Å²) in [6.07, 6.45) is 0.983. The molecule has 2 nitrogen and oxygen atoms in total. The van der Waals surface area contributed by atoms with Crippen molar-refractivity contribution >= 4 is 32.9 Å². The van der Waals surface area contributed by atoms with Crippen LogP contribution in [0.5, 0.6) is 0 Å². The van der Waals surface area contributed by atoms with Gasteiger partial charge in [0.05, 0.1) is 11.0 Å². The monoisotopic (exact) mass is 336 g/mol. The van der Waals surface area contributed by atoms with Gasteiger partial charge < -0.3 is 5.73 Å². The quantitative estimate of drug-likeness (QED) is 0.511. The molecule has 0 aliphatic carbocycles. The standard InChI is InChI=1S/C12H15BrF2N2S/c1-3-7(2)18-12(16)17-6-8-4-9(13)11(15)5-10(8)14/h4-5,7H,3,6H2,1-2H3,(H2,16,17). The maximum absolute atomic E-state index is 13.4. The van der Waals surface area contributed by atoms with E-state index in [1.54, 1.807) is 0 Å². The number of hydrogen-bond donors (Lipinski definition) is 1. The van der Waals surface area contributed by atoms with Gasteiger partial charge in [-0.1, -0.05) is 25.6 Å². The summed E-state index contributed by atoms with van der Waals surface area (Å²) in [6.45, 7) is 4.21. The van der Waals surface area contributed by atoms with E-state index in [0.717, 1.165) is 12.5 Å². The van der Waals surface area contributed by atoms with Crippen LogP contribution in [0.2, 0.25) is 0 Å². The van der Waals surface area contributed by atoms with E-state index in [1.807, 2.05) is 6.92 Å². The first kappa shape index (κ1) is 15.4. The number of thioether (sulfide) groups is 1. The van der Waals surface area contributed by atoms with E-state index < -0.39 is 11.6 Å². The molecule has 0 spiro atoms. The molecule has 0 aliphatic heterocycles. The fourth-order valence-electron chi connectivity index (χ4n) is 1.17. The third kappa shape index (κ3) is 4.57. The molecule has 0 radical (unpaired) electrons. The Labute approximate surface area is 118 Å². The predicted molar refractivity (Wildman–Crippen MR) is 76.7 cm³/mol. The molecule has 6 heteroatoms. The van der Waals surface area contributed by atoms with Crippen LogP contribution in [0.25, 0.3) is 0 Å². The molecule has 1 rings (SSSR count). The molecule has 0 saturated carbocycles. The van der Waals surface area contributed by atoms with Crippen LogP contribution in [-0.4, -0.2) is 10.4 Å². The highest BCUT2D eigenvalue weighted by Crippen LogP contribution is 2.21. The first-order valence-electron chi connectivity index (χ1n) is 5.54. The summed E-state index contributed by atoms with van der Waals surface area (Å²) in [7, 11) is 0. The van der Waals surface area contributed by atoms with Crippen molar-refractivity contribution in [2.45, 2.75) is 32.1 Å². The molecule has 0 heterocycles. The van der Waals surface area contributed by atoms with Crippen LogP contribution in [0.15, 0.2) is 21.6 Å². The van der Waals surface area contributed by atoms with Crippen molar-refractivity contribution in [1.82, 2.24) is 0 Å². The normalized spacial score (nSPS) is 13.7. The summed E-state index contributed by atoms with van der Waals surface area (Å²) in [5.41, 5.74) is 6.04. The van der Waals surface area contributed by atoms with Crippen LogP contribution in [0.4, 0.5) is 8.78 Å². The smallest absolute Gasteiger partial charge is 0.154 e. The minimum absolute atomic E-state index is 0.111. The van der Waals surface area contributed by atoms with Crippen LogP contribution < -0.4 is 5.73 Å². The van der Waals surface area contributed by atoms with E-state index >= 15 is 0 Å². The number of hydrogen-bond acceptors (Lipinski definition) is 2. The van der Waals surface area contributed by atoms with Gasteiger partial charge in [-0.05, 0) is 28.4 Å². The number of benzene rings is 1. The SMILES string of the molecule is CCC(C)SC(N)=NCc1cc(Br)c(F)cc1F. The molecule has 0 aromatic heterocycles.